The van der Waals surface area contributed by atoms with E-state index < -0.39 is 5.41 Å². The number of nitrogens with one attached hydrogen (secondary N) is 1. The first-order chi connectivity index (χ1) is 12.3. The Morgan fingerprint density at radius 2 is 2.12 bits per heavy atom. The molecule has 3 rings (SSSR count). The van der Waals surface area contributed by atoms with Crippen LogP contribution in [0.15, 0.2) is 23.6 Å². The molecule has 0 radical (unpaired) electrons. The fraction of sp³-hybridized carbons (Fsp3) is 0.421. The summed E-state index contributed by atoms with van der Waals surface area (Å²) in [7, 11) is 0. The standard InChI is InChI=1S/C19H24N4O2S/c1-19(2,3)17(25)22-18-21-12(11-26-18)10-16(24)23-9-5-6-13-14(20)7-4-8-15(13)23/h4,7-8,11H,5-6,9-10,20H2,1-3H3,(H,21,22,25). The average Bonchev–Trinajstić information content (AvgIpc) is 3.01. The quantitative estimate of drug-likeness (QED) is 0.810. The molecule has 0 spiro atoms. The predicted molar refractivity (Wildman–Crippen MR) is 105 cm³/mol. The molecule has 1 aliphatic rings. The molecule has 2 aromatic rings. The highest BCUT2D eigenvalue weighted by molar-refractivity contribution is 7.13. The lowest BCUT2D eigenvalue weighted by Gasteiger charge is -2.30. The topological polar surface area (TPSA) is 88.3 Å². The Labute approximate surface area is 157 Å². The summed E-state index contributed by atoms with van der Waals surface area (Å²) in [5.41, 5.74) is 8.91. The lowest BCUT2D eigenvalue weighted by Crippen LogP contribution is -2.36. The van der Waals surface area contributed by atoms with Crippen molar-refractivity contribution >= 4 is 39.7 Å². The van der Waals surface area contributed by atoms with Gasteiger partial charge < -0.3 is 16.0 Å². The zero-order valence-electron chi connectivity index (χ0n) is 15.3. The number of carbonyl (C=O) groups is 2. The summed E-state index contributed by atoms with van der Waals surface area (Å²) in [6, 6.07) is 5.69. The van der Waals surface area contributed by atoms with Gasteiger partial charge in [-0.15, -0.1) is 11.3 Å². The molecular weight excluding hydrogens is 348 g/mol. The molecule has 6 nitrogen and oxygen atoms in total. The highest BCUT2D eigenvalue weighted by Gasteiger charge is 2.25. The highest BCUT2D eigenvalue weighted by Crippen LogP contribution is 2.31. The Bertz CT molecular complexity index is 838. The Balaban J connectivity index is 1.70. The molecular formula is C19H24N4O2S. The molecule has 3 N–H and O–H groups in total. The number of amides is 2. The van der Waals surface area contributed by atoms with E-state index in [0.29, 0.717) is 17.4 Å². The summed E-state index contributed by atoms with van der Waals surface area (Å²) < 4.78 is 0. The number of benzene rings is 1. The van der Waals surface area contributed by atoms with Crippen LogP contribution in [0.3, 0.4) is 0 Å². The molecule has 1 aliphatic heterocycles. The summed E-state index contributed by atoms with van der Waals surface area (Å²) >= 11 is 1.34. The number of aromatic nitrogens is 1. The van der Waals surface area contributed by atoms with E-state index in [-0.39, 0.29) is 18.2 Å². The van der Waals surface area contributed by atoms with Crippen LogP contribution >= 0.6 is 11.3 Å². The van der Waals surface area contributed by atoms with Crippen molar-refractivity contribution in [2.75, 3.05) is 22.5 Å². The van der Waals surface area contributed by atoms with E-state index in [2.05, 4.69) is 10.3 Å². The SMILES string of the molecule is CC(C)(C)C(=O)Nc1nc(CC(=O)N2CCCc3c(N)cccc32)cs1. The number of hydrogen-bond acceptors (Lipinski definition) is 5. The van der Waals surface area contributed by atoms with Gasteiger partial charge in [0.1, 0.15) is 0 Å². The van der Waals surface area contributed by atoms with Crippen molar-refractivity contribution in [1.29, 1.82) is 0 Å². The van der Waals surface area contributed by atoms with E-state index in [0.717, 1.165) is 29.8 Å². The maximum absolute atomic E-state index is 12.8. The van der Waals surface area contributed by atoms with Crippen LogP contribution in [-0.2, 0) is 22.4 Å². The number of carbonyl (C=O) groups excluding carboxylic acids is 2. The molecule has 2 heterocycles. The summed E-state index contributed by atoms with van der Waals surface area (Å²) in [6.07, 6.45) is 2.00. The van der Waals surface area contributed by atoms with Gasteiger partial charge in [0, 0.05) is 28.7 Å². The van der Waals surface area contributed by atoms with Crippen molar-refractivity contribution in [1.82, 2.24) is 4.98 Å². The third-order valence-electron chi connectivity index (χ3n) is 4.37. The molecule has 138 valence electrons. The van der Waals surface area contributed by atoms with Crippen LogP contribution in [-0.4, -0.2) is 23.3 Å². The number of nitrogen functional groups attached to an aromatic ring is 1. The third-order valence-corrected chi connectivity index (χ3v) is 5.18. The molecule has 0 unspecified atom stereocenters. The molecule has 7 heteroatoms. The largest absolute Gasteiger partial charge is 0.398 e. The van der Waals surface area contributed by atoms with Crippen LogP contribution in [0.2, 0.25) is 0 Å². The van der Waals surface area contributed by atoms with Crippen molar-refractivity contribution in [2.24, 2.45) is 5.41 Å². The zero-order valence-corrected chi connectivity index (χ0v) is 16.2. The van der Waals surface area contributed by atoms with Gasteiger partial charge in [0.25, 0.3) is 0 Å². The van der Waals surface area contributed by atoms with Gasteiger partial charge in [-0.3, -0.25) is 9.59 Å². The second-order valence-electron chi connectivity index (χ2n) is 7.52. The summed E-state index contributed by atoms with van der Waals surface area (Å²) in [5.74, 6) is -0.0966. The van der Waals surface area contributed by atoms with Gasteiger partial charge in [0.2, 0.25) is 11.8 Å². The van der Waals surface area contributed by atoms with E-state index >= 15 is 0 Å². The normalized spacial score (nSPS) is 14.0. The first kappa shape index (κ1) is 18.4. The second-order valence-corrected chi connectivity index (χ2v) is 8.38. The minimum Gasteiger partial charge on any atom is -0.398 e. The molecule has 0 atom stereocenters. The maximum atomic E-state index is 12.8. The van der Waals surface area contributed by atoms with Crippen LogP contribution in [0, 0.1) is 5.41 Å². The number of anilines is 3. The predicted octanol–water partition coefficient (Wildman–Crippen LogP) is 3.23. The van der Waals surface area contributed by atoms with Crippen LogP contribution < -0.4 is 16.0 Å². The Morgan fingerprint density at radius 1 is 1.35 bits per heavy atom. The summed E-state index contributed by atoms with van der Waals surface area (Å²) in [5, 5.41) is 5.15. The fourth-order valence-corrected chi connectivity index (χ4v) is 3.60. The van der Waals surface area contributed by atoms with Crippen LogP contribution in [0.1, 0.15) is 38.4 Å². The molecule has 1 aromatic heterocycles. The minimum absolute atomic E-state index is 0.00412. The lowest BCUT2D eigenvalue weighted by molar-refractivity contribution is -0.123. The fourth-order valence-electron chi connectivity index (χ4n) is 2.89. The number of nitrogens with zero attached hydrogens (tertiary/aromatic N) is 2. The van der Waals surface area contributed by atoms with Crippen LogP contribution in [0.25, 0.3) is 0 Å². The maximum Gasteiger partial charge on any atom is 0.233 e. The van der Waals surface area contributed by atoms with E-state index in [9.17, 15) is 9.59 Å². The van der Waals surface area contributed by atoms with Crippen molar-refractivity contribution in [3.63, 3.8) is 0 Å². The molecule has 2 amide bonds. The number of fused-ring (bicyclic) bond motifs is 1. The van der Waals surface area contributed by atoms with Crippen molar-refractivity contribution < 1.29 is 9.59 Å². The van der Waals surface area contributed by atoms with Gasteiger partial charge in [0.05, 0.1) is 12.1 Å². The van der Waals surface area contributed by atoms with Gasteiger partial charge in [-0.1, -0.05) is 26.8 Å². The van der Waals surface area contributed by atoms with Gasteiger partial charge in [-0.2, -0.15) is 0 Å². The van der Waals surface area contributed by atoms with Gasteiger partial charge in [0.15, 0.2) is 5.13 Å². The summed E-state index contributed by atoms with van der Waals surface area (Å²) in [4.78, 5) is 31.0. The lowest BCUT2D eigenvalue weighted by atomic mass is 9.96. The smallest absolute Gasteiger partial charge is 0.233 e. The molecule has 0 bridgehead atoms. The van der Waals surface area contributed by atoms with E-state index in [1.165, 1.54) is 11.3 Å². The van der Waals surface area contributed by atoms with Crippen molar-refractivity contribution in [3.8, 4) is 0 Å². The molecule has 0 aliphatic carbocycles. The van der Waals surface area contributed by atoms with Gasteiger partial charge in [-0.05, 0) is 30.5 Å². The highest BCUT2D eigenvalue weighted by atomic mass is 32.1. The molecule has 1 aromatic carbocycles. The summed E-state index contributed by atoms with van der Waals surface area (Å²) in [6.45, 7) is 6.23. The van der Waals surface area contributed by atoms with Crippen LogP contribution in [0.4, 0.5) is 16.5 Å². The number of hydrogen-bond donors (Lipinski definition) is 2. The van der Waals surface area contributed by atoms with E-state index in [1.54, 1.807) is 4.90 Å². The molecule has 0 saturated heterocycles. The van der Waals surface area contributed by atoms with E-state index in [1.807, 2.05) is 44.4 Å². The monoisotopic (exact) mass is 372 g/mol. The molecule has 0 fully saturated rings. The Morgan fingerprint density at radius 3 is 2.85 bits per heavy atom. The van der Waals surface area contributed by atoms with E-state index in [4.69, 9.17) is 5.73 Å². The van der Waals surface area contributed by atoms with Crippen molar-refractivity contribution in [2.45, 2.75) is 40.0 Å². The first-order valence-corrected chi connectivity index (χ1v) is 9.57. The average molecular weight is 372 g/mol. The first-order valence-electron chi connectivity index (χ1n) is 8.69. The van der Waals surface area contributed by atoms with Gasteiger partial charge in [-0.25, -0.2) is 4.98 Å². The van der Waals surface area contributed by atoms with Crippen molar-refractivity contribution in [3.05, 3.63) is 34.8 Å². The van der Waals surface area contributed by atoms with Crippen LogP contribution in [0.5, 0.6) is 0 Å². The second kappa shape index (κ2) is 7.07. The molecule has 26 heavy (non-hydrogen) atoms. The number of rotatable bonds is 3. The number of thiazole rings is 1. The Kier molecular flexibility index (Phi) is 5.00. The van der Waals surface area contributed by atoms with Gasteiger partial charge >= 0.3 is 0 Å². The third kappa shape index (κ3) is 3.88. The minimum atomic E-state index is -0.487. The Hall–Kier alpha value is -2.41. The molecule has 0 saturated carbocycles. The number of nitrogens with two attached hydrogens (primary N) is 1. The zero-order chi connectivity index (χ0) is 18.9.